The maximum absolute atomic E-state index is 4.69. The molecule has 2 rings (SSSR count). The minimum atomic E-state index is -0.453. The van der Waals surface area contributed by atoms with E-state index >= 15 is 0 Å². The Kier molecular flexibility index (Phi) is 4.49. The monoisotopic (exact) mass is 321 g/mol. The van der Waals surface area contributed by atoms with Crippen LogP contribution in [0.25, 0.3) is 0 Å². The summed E-state index contributed by atoms with van der Waals surface area (Å²) in [6.07, 6.45) is 0. The average Bonchev–Trinajstić information content (AvgIpc) is 2.41. The fourth-order valence-corrected chi connectivity index (χ4v) is 3.35. The van der Waals surface area contributed by atoms with E-state index in [1.165, 1.54) is 5.56 Å². The van der Waals surface area contributed by atoms with Crippen LogP contribution in [0.2, 0.25) is 0 Å². The summed E-state index contributed by atoms with van der Waals surface area (Å²) in [6.45, 7) is 4.52. The summed E-state index contributed by atoms with van der Waals surface area (Å²) >= 11 is -0.453. The molecule has 0 saturated heterocycles. The van der Waals surface area contributed by atoms with Gasteiger partial charge in [-0.1, -0.05) is 0 Å². The molecule has 0 aliphatic carbocycles. The zero-order valence-corrected chi connectivity index (χ0v) is 12.7. The second kappa shape index (κ2) is 6.11. The van der Waals surface area contributed by atoms with Gasteiger partial charge in [0.15, 0.2) is 0 Å². The van der Waals surface area contributed by atoms with Crippen molar-refractivity contribution < 1.29 is 17.9 Å². The predicted octanol–water partition coefficient (Wildman–Crippen LogP) is 4.36. The molecule has 2 aromatic rings. The van der Waals surface area contributed by atoms with Crippen molar-refractivity contribution in [1.82, 2.24) is 0 Å². The van der Waals surface area contributed by atoms with Gasteiger partial charge in [0.2, 0.25) is 0 Å². The van der Waals surface area contributed by atoms with Crippen molar-refractivity contribution in [2.45, 2.75) is 19.3 Å². The molecule has 92 valence electrons. The quantitative estimate of drug-likeness (QED) is 0.745. The van der Waals surface area contributed by atoms with Gasteiger partial charge in [-0.3, -0.25) is 0 Å². The Morgan fingerprint density at radius 3 is 2.06 bits per heavy atom. The van der Waals surface area contributed by atoms with Crippen LogP contribution in [0.1, 0.15) is 19.4 Å². The molecule has 2 aromatic carbocycles. The Bertz CT molecular complexity index is 552. The van der Waals surface area contributed by atoms with E-state index in [1.807, 2.05) is 18.2 Å². The van der Waals surface area contributed by atoms with Crippen molar-refractivity contribution in [3.05, 3.63) is 66.2 Å². The van der Waals surface area contributed by atoms with Crippen molar-refractivity contribution >= 4 is 10.1 Å². The van der Waals surface area contributed by atoms with Crippen LogP contribution in [-0.2, 0) is 23.3 Å². The van der Waals surface area contributed by atoms with Crippen LogP contribution in [0, 0.1) is 0 Å². The molecule has 0 N–H and O–H groups in total. The van der Waals surface area contributed by atoms with Gasteiger partial charge < -0.3 is 0 Å². The second-order valence-electron chi connectivity index (χ2n) is 4.74. The zero-order valence-electron chi connectivity index (χ0n) is 10.7. The Morgan fingerprint density at radius 2 is 1.44 bits per heavy atom. The number of benzene rings is 2. The Morgan fingerprint density at radius 1 is 0.889 bits per heavy atom. The van der Waals surface area contributed by atoms with Gasteiger partial charge in [-0.25, -0.2) is 0 Å². The molecule has 18 heavy (non-hydrogen) atoms. The fourth-order valence-electron chi connectivity index (χ4n) is 1.64. The first kappa shape index (κ1) is 13.2. The standard InChI is InChI=1S/C10H12.C6H5N.Mo/c1-10(2,3)9-7-5-4-6-8-9;7-6-4-2-1-3-5-6;/h1,4-8H,2-3H3;1-5H;. The van der Waals surface area contributed by atoms with Crippen LogP contribution in [0.5, 0.6) is 0 Å². The van der Waals surface area contributed by atoms with E-state index in [0.29, 0.717) is 0 Å². The summed E-state index contributed by atoms with van der Waals surface area (Å²) < 4.78 is 7.08. The molecule has 0 atom stereocenters. The third kappa shape index (κ3) is 3.65. The van der Waals surface area contributed by atoms with E-state index in [4.69, 9.17) is 3.50 Å². The molecule has 0 amide bonds. The second-order valence-corrected chi connectivity index (χ2v) is 6.28. The molecule has 0 unspecified atom stereocenters. The molecule has 0 spiro atoms. The summed E-state index contributed by atoms with van der Waals surface area (Å²) in [5.74, 6) is 0. The first-order valence-corrected chi connectivity index (χ1v) is 8.06. The molecular weight excluding hydrogens is 302 g/mol. The van der Waals surface area contributed by atoms with Crippen LogP contribution >= 0.6 is 0 Å². The molecular formula is C16H17MoN. The van der Waals surface area contributed by atoms with E-state index in [9.17, 15) is 0 Å². The van der Waals surface area contributed by atoms with Gasteiger partial charge in [-0.05, 0) is 0 Å². The first-order valence-electron chi connectivity index (χ1n) is 6.00. The average molecular weight is 319 g/mol. The van der Waals surface area contributed by atoms with E-state index in [2.05, 4.69) is 60.7 Å². The number of nitrogens with zero attached hydrogens (tertiary/aromatic N) is 1. The van der Waals surface area contributed by atoms with E-state index in [-0.39, 0.29) is 5.41 Å². The van der Waals surface area contributed by atoms with Gasteiger partial charge in [0.05, 0.1) is 0 Å². The van der Waals surface area contributed by atoms with Crippen LogP contribution in [-0.4, -0.2) is 4.40 Å². The molecule has 0 heterocycles. The Hall–Kier alpha value is -1.20. The predicted molar refractivity (Wildman–Crippen MR) is 74.1 cm³/mol. The third-order valence-corrected chi connectivity index (χ3v) is 5.26. The summed E-state index contributed by atoms with van der Waals surface area (Å²) in [4.78, 5) is 0. The van der Waals surface area contributed by atoms with Gasteiger partial charge >= 0.3 is 117 Å². The molecule has 2 heteroatoms. The topological polar surface area (TPSA) is 12.4 Å². The van der Waals surface area contributed by atoms with Crippen LogP contribution in [0.3, 0.4) is 0 Å². The normalized spacial score (nSPS) is 10.8. The molecule has 0 bridgehead atoms. The molecule has 0 saturated carbocycles. The summed E-state index contributed by atoms with van der Waals surface area (Å²) in [6, 6.07) is 20.9. The number of hydrogen-bond donors (Lipinski definition) is 0. The minimum absolute atomic E-state index is 0.113. The first-order chi connectivity index (χ1) is 8.68. The summed E-state index contributed by atoms with van der Waals surface area (Å²) in [7, 11) is 0. The van der Waals surface area contributed by atoms with Gasteiger partial charge in [-0.15, -0.1) is 0 Å². The van der Waals surface area contributed by atoms with Crippen molar-refractivity contribution in [3.63, 3.8) is 0 Å². The van der Waals surface area contributed by atoms with E-state index in [0.717, 1.165) is 5.69 Å². The van der Waals surface area contributed by atoms with Gasteiger partial charge in [0.1, 0.15) is 0 Å². The fraction of sp³-hybridized carbons (Fsp3) is 0.188. The number of hydrogen-bond acceptors (Lipinski definition) is 1. The Labute approximate surface area is 117 Å². The van der Waals surface area contributed by atoms with Crippen LogP contribution in [0.15, 0.2) is 64.2 Å². The van der Waals surface area contributed by atoms with Gasteiger partial charge in [-0.2, -0.15) is 0 Å². The zero-order chi connectivity index (χ0) is 12.8. The van der Waals surface area contributed by atoms with Crippen LogP contribution < -0.4 is 0 Å². The van der Waals surface area contributed by atoms with E-state index < -0.39 is 17.9 Å². The molecule has 1 nitrogen and oxygen atoms in total. The van der Waals surface area contributed by atoms with Gasteiger partial charge in [0.25, 0.3) is 0 Å². The SMILES string of the molecule is CC(C)([CH]=[Mo]=[N]c1ccccc1)c1ccccc1. The van der Waals surface area contributed by atoms with Gasteiger partial charge in [0, 0.05) is 0 Å². The van der Waals surface area contributed by atoms with Crippen LogP contribution in [0.4, 0.5) is 5.69 Å². The molecule has 0 aromatic heterocycles. The van der Waals surface area contributed by atoms with Crippen molar-refractivity contribution in [1.29, 1.82) is 0 Å². The summed E-state index contributed by atoms with van der Waals surface area (Å²) in [5.41, 5.74) is 2.57. The van der Waals surface area contributed by atoms with Crippen molar-refractivity contribution in [2.24, 2.45) is 3.50 Å². The van der Waals surface area contributed by atoms with E-state index in [1.54, 1.807) is 0 Å². The summed E-state index contributed by atoms with van der Waals surface area (Å²) in [5, 5.41) is 0. The molecule has 0 aliphatic heterocycles. The maximum atomic E-state index is 4.69. The molecule has 0 aliphatic rings. The third-order valence-electron chi connectivity index (χ3n) is 2.78. The Balaban J connectivity index is 2.21. The molecule has 0 radical (unpaired) electrons. The van der Waals surface area contributed by atoms with Crippen molar-refractivity contribution in [3.8, 4) is 0 Å². The molecule has 0 fully saturated rings. The van der Waals surface area contributed by atoms with Crippen molar-refractivity contribution in [2.75, 3.05) is 0 Å². The number of rotatable bonds is 3.